The lowest BCUT2D eigenvalue weighted by molar-refractivity contribution is 0.143. The first-order valence-electron chi connectivity index (χ1n) is 6.47. The highest BCUT2D eigenvalue weighted by Gasteiger charge is 2.21. The number of phenols is 1. The number of hydrogen-bond acceptors (Lipinski definition) is 4. The summed E-state index contributed by atoms with van der Waals surface area (Å²) in [7, 11) is 1.48. The van der Waals surface area contributed by atoms with Crippen molar-refractivity contribution in [1.82, 2.24) is 0 Å². The maximum Gasteiger partial charge on any atom is 0.162 e. The molecular formula is C16H20ClNO3. The average molecular weight is 310 g/mol. The van der Waals surface area contributed by atoms with Crippen LogP contribution in [-0.2, 0) is 6.42 Å². The van der Waals surface area contributed by atoms with E-state index in [1.165, 1.54) is 7.11 Å². The summed E-state index contributed by atoms with van der Waals surface area (Å²) in [6.07, 6.45) is -0.353. The third-order valence-electron chi connectivity index (χ3n) is 3.31. The van der Waals surface area contributed by atoms with Crippen LogP contribution in [0.25, 0.3) is 0 Å². The van der Waals surface area contributed by atoms with Gasteiger partial charge in [0.15, 0.2) is 11.5 Å². The Bertz CT molecular complexity index is 563. The van der Waals surface area contributed by atoms with E-state index in [0.29, 0.717) is 17.7 Å². The van der Waals surface area contributed by atoms with Crippen LogP contribution in [0.2, 0.25) is 0 Å². The molecule has 114 valence electrons. The number of para-hydroxylation sites is 1. The van der Waals surface area contributed by atoms with E-state index in [-0.39, 0.29) is 18.2 Å². The van der Waals surface area contributed by atoms with Crippen LogP contribution in [0.3, 0.4) is 0 Å². The van der Waals surface area contributed by atoms with Gasteiger partial charge in [-0.15, -0.1) is 12.4 Å². The highest BCUT2D eigenvalue weighted by molar-refractivity contribution is 5.85. The molecule has 2 atom stereocenters. The molecule has 5 heteroatoms. The van der Waals surface area contributed by atoms with Gasteiger partial charge in [0, 0.05) is 12.0 Å². The van der Waals surface area contributed by atoms with E-state index >= 15 is 0 Å². The molecule has 0 unspecified atom stereocenters. The highest BCUT2D eigenvalue weighted by atomic mass is 35.5. The van der Waals surface area contributed by atoms with Crippen molar-refractivity contribution in [3.05, 3.63) is 59.7 Å². The van der Waals surface area contributed by atoms with Crippen LogP contribution < -0.4 is 10.5 Å². The van der Waals surface area contributed by atoms with Crippen LogP contribution in [0.5, 0.6) is 11.5 Å². The minimum Gasteiger partial charge on any atom is -0.504 e. The number of rotatable bonds is 5. The molecule has 4 N–H and O–H groups in total. The molecule has 2 aromatic rings. The number of hydrogen-bond donors (Lipinski definition) is 3. The van der Waals surface area contributed by atoms with Crippen molar-refractivity contribution in [3.63, 3.8) is 0 Å². The van der Waals surface area contributed by atoms with Crippen LogP contribution in [0.1, 0.15) is 17.2 Å². The zero-order valence-electron chi connectivity index (χ0n) is 11.8. The second-order valence-electron chi connectivity index (χ2n) is 4.68. The third-order valence-corrected chi connectivity index (χ3v) is 3.31. The maximum atomic E-state index is 10.2. The molecule has 2 aromatic carbocycles. The van der Waals surface area contributed by atoms with Gasteiger partial charge in [-0.1, -0.05) is 42.5 Å². The second-order valence-corrected chi connectivity index (χ2v) is 4.68. The zero-order chi connectivity index (χ0) is 14.5. The summed E-state index contributed by atoms with van der Waals surface area (Å²) >= 11 is 0. The first-order valence-corrected chi connectivity index (χ1v) is 6.47. The van der Waals surface area contributed by atoms with Gasteiger partial charge in [-0.2, -0.15) is 0 Å². The molecule has 0 amide bonds. The molecule has 0 aliphatic carbocycles. The number of aliphatic hydroxyl groups excluding tert-OH is 1. The summed E-state index contributed by atoms with van der Waals surface area (Å²) in [4.78, 5) is 0. The molecular weight excluding hydrogens is 290 g/mol. The van der Waals surface area contributed by atoms with Gasteiger partial charge in [-0.25, -0.2) is 0 Å². The summed E-state index contributed by atoms with van der Waals surface area (Å²) in [6, 6.07) is 14.0. The van der Waals surface area contributed by atoms with Gasteiger partial charge in [0.1, 0.15) is 0 Å². The van der Waals surface area contributed by atoms with E-state index in [9.17, 15) is 10.2 Å². The fraction of sp³-hybridized carbons (Fsp3) is 0.250. The highest BCUT2D eigenvalue weighted by Crippen LogP contribution is 2.34. The topological polar surface area (TPSA) is 75.7 Å². The zero-order valence-corrected chi connectivity index (χ0v) is 12.6. The number of aliphatic hydroxyl groups is 1. The Kier molecular flexibility index (Phi) is 6.49. The number of phenolic OH excluding ortho intramolecular Hbond substituents is 1. The van der Waals surface area contributed by atoms with Gasteiger partial charge in [0.05, 0.1) is 19.3 Å². The molecule has 0 spiro atoms. The molecule has 0 aromatic heterocycles. The fourth-order valence-corrected chi connectivity index (χ4v) is 2.16. The van der Waals surface area contributed by atoms with Crippen molar-refractivity contribution >= 4 is 12.4 Å². The lowest BCUT2D eigenvalue weighted by Crippen LogP contribution is -2.28. The molecule has 0 aliphatic rings. The maximum absolute atomic E-state index is 10.2. The van der Waals surface area contributed by atoms with Gasteiger partial charge in [0.25, 0.3) is 0 Å². The average Bonchev–Trinajstić information content (AvgIpc) is 2.48. The molecule has 2 rings (SSSR count). The summed E-state index contributed by atoms with van der Waals surface area (Å²) in [5, 5.41) is 20.3. The smallest absolute Gasteiger partial charge is 0.162 e. The van der Waals surface area contributed by atoms with E-state index in [1.807, 2.05) is 30.3 Å². The summed E-state index contributed by atoms with van der Waals surface area (Å²) in [5.74, 6) is 0.333. The normalized spacial score (nSPS) is 13.1. The van der Waals surface area contributed by atoms with Crippen LogP contribution in [0.4, 0.5) is 0 Å². The number of methoxy groups -OCH3 is 1. The predicted molar refractivity (Wildman–Crippen MR) is 85.0 cm³/mol. The number of aromatic hydroxyl groups is 1. The predicted octanol–water partition coefficient (Wildman–Crippen LogP) is 2.43. The SMILES string of the molecule is COc1cccc([C@@H](N)[C@@H](O)Cc2ccccc2)c1O.Cl. The number of nitrogens with two attached hydrogens (primary N) is 1. The molecule has 4 nitrogen and oxygen atoms in total. The van der Waals surface area contributed by atoms with Crippen LogP contribution in [0, 0.1) is 0 Å². The lowest BCUT2D eigenvalue weighted by atomic mass is 9.96. The Morgan fingerprint density at radius 2 is 1.76 bits per heavy atom. The molecule has 0 saturated heterocycles. The largest absolute Gasteiger partial charge is 0.504 e. The molecule has 21 heavy (non-hydrogen) atoms. The van der Waals surface area contributed by atoms with Gasteiger partial charge in [-0.3, -0.25) is 0 Å². The molecule has 0 saturated carbocycles. The number of halogens is 1. The molecule has 0 aliphatic heterocycles. The van der Waals surface area contributed by atoms with E-state index in [1.54, 1.807) is 18.2 Å². The molecule has 0 fully saturated rings. The fourth-order valence-electron chi connectivity index (χ4n) is 2.16. The minimum atomic E-state index is -0.782. The first kappa shape index (κ1) is 17.3. The van der Waals surface area contributed by atoms with Crippen molar-refractivity contribution in [3.8, 4) is 11.5 Å². The van der Waals surface area contributed by atoms with E-state index < -0.39 is 12.1 Å². The Balaban J connectivity index is 0.00000220. The van der Waals surface area contributed by atoms with Gasteiger partial charge < -0.3 is 20.7 Å². The first-order chi connectivity index (χ1) is 9.63. The number of benzene rings is 2. The monoisotopic (exact) mass is 309 g/mol. The van der Waals surface area contributed by atoms with Crippen LogP contribution in [0.15, 0.2) is 48.5 Å². The van der Waals surface area contributed by atoms with Gasteiger partial charge in [-0.05, 0) is 11.6 Å². The second kappa shape index (κ2) is 7.88. The van der Waals surface area contributed by atoms with Crippen LogP contribution in [-0.4, -0.2) is 23.4 Å². The Labute approximate surface area is 130 Å². The van der Waals surface area contributed by atoms with E-state index in [0.717, 1.165) is 5.56 Å². The van der Waals surface area contributed by atoms with Crippen molar-refractivity contribution in [2.45, 2.75) is 18.6 Å². The van der Waals surface area contributed by atoms with E-state index in [2.05, 4.69) is 0 Å². The Hall–Kier alpha value is -1.75. The third kappa shape index (κ3) is 4.11. The summed E-state index contributed by atoms with van der Waals surface area (Å²) in [6.45, 7) is 0. The minimum absolute atomic E-state index is 0. The van der Waals surface area contributed by atoms with Crippen LogP contribution >= 0.6 is 12.4 Å². The quantitative estimate of drug-likeness (QED) is 0.793. The Morgan fingerprint density at radius 1 is 1.10 bits per heavy atom. The summed E-state index contributed by atoms with van der Waals surface area (Å²) < 4.78 is 5.05. The van der Waals surface area contributed by atoms with Crippen molar-refractivity contribution in [2.24, 2.45) is 5.73 Å². The van der Waals surface area contributed by atoms with Crippen molar-refractivity contribution < 1.29 is 14.9 Å². The molecule has 0 bridgehead atoms. The summed E-state index contributed by atoms with van der Waals surface area (Å²) in [5.41, 5.74) is 7.52. The Morgan fingerprint density at radius 3 is 2.38 bits per heavy atom. The van der Waals surface area contributed by atoms with Crippen molar-refractivity contribution in [1.29, 1.82) is 0 Å². The van der Waals surface area contributed by atoms with Gasteiger partial charge in [0.2, 0.25) is 0 Å². The number of ether oxygens (including phenoxy) is 1. The van der Waals surface area contributed by atoms with Crippen molar-refractivity contribution in [2.75, 3.05) is 7.11 Å². The van der Waals surface area contributed by atoms with Gasteiger partial charge >= 0.3 is 0 Å². The molecule has 0 heterocycles. The standard InChI is InChI=1S/C16H19NO3.ClH/c1-20-14-9-5-8-12(16(14)19)15(17)13(18)10-11-6-3-2-4-7-11;/h2-9,13,15,18-19H,10,17H2,1H3;1H/t13-,15+;/m0./s1. The molecule has 0 radical (unpaired) electrons. The lowest BCUT2D eigenvalue weighted by Gasteiger charge is -2.21. The van der Waals surface area contributed by atoms with E-state index in [4.69, 9.17) is 10.5 Å².